The standard InChI is InChI=1S/C23H19F4NO5S/c1-28(34(31,32)19-7-3-6-18(24)12-19)13-15-8-9-21(33-14-22(29)30)20(10-15)16-4-2-5-17(11-16)23(25,26)27/h2-12H,13-14H2,1H3,(H,29,30). The van der Waals surface area contributed by atoms with E-state index in [2.05, 4.69) is 0 Å². The van der Waals surface area contributed by atoms with Crippen LogP contribution in [0.4, 0.5) is 17.6 Å². The minimum atomic E-state index is -4.60. The number of hydrogen-bond donors (Lipinski definition) is 1. The summed E-state index contributed by atoms with van der Waals surface area (Å²) < 4.78 is 84.9. The zero-order chi connectivity index (χ0) is 25.1. The first-order chi connectivity index (χ1) is 15.9. The predicted molar refractivity (Wildman–Crippen MR) is 115 cm³/mol. The maximum Gasteiger partial charge on any atom is 0.416 e. The normalized spacial score (nSPS) is 12.1. The van der Waals surface area contributed by atoms with E-state index in [9.17, 15) is 30.8 Å². The van der Waals surface area contributed by atoms with Gasteiger partial charge in [0.05, 0.1) is 10.5 Å². The SMILES string of the molecule is CN(Cc1ccc(OCC(=O)O)c(-c2cccc(C(F)(F)F)c2)c1)S(=O)(=O)c1cccc(F)c1. The van der Waals surface area contributed by atoms with Gasteiger partial charge in [-0.15, -0.1) is 0 Å². The number of carbonyl (C=O) groups is 1. The van der Waals surface area contributed by atoms with Crippen molar-refractivity contribution in [1.29, 1.82) is 0 Å². The Morgan fingerprint density at radius 2 is 1.74 bits per heavy atom. The molecule has 6 nitrogen and oxygen atoms in total. The lowest BCUT2D eigenvalue weighted by Crippen LogP contribution is -2.26. The van der Waals surface area contributed by atoms with E-state index in [1.165, 1.54) is 49.5 Å². The third-order valence-corrected chi connectivity index (χ3v) is 6.60. The lowest BCUT2D eigenvalue weighted by molar-refractivity contribution is -0.139. The molecule has 180 valence electrons. The van der Waals surface area contributed by atoms with Gasteiger partial charge in [-0.1, -0.05) is 24.3 Å². The van der Waals surface area contributed by atoms with Crippen molar-refractivity contribution in [1.82, 2.24) is 4.31 Å². The van der Waals surface area contributed by atoms with Gasteiger partial charge < -0.3 is 9.84 Å². The molecule has 0 atom stereocenters. The Morgan fingerprint density at radius 3 is 2.38 bits per heavy atom. The number of alkyl halides is 3. The van der Waals surface area contributed by atoms with Gasteiger partial charge in [0.2, 0.25) is 10.0 Å². The van der Waals surface area contributed by atoms with Gasteiger partial charge in [0.1, 0.15) is 11.6 Å². The number of halogens is 4. The van der Waals surface area contributed by atoms with E-state index < -0.39 is 40.2 Å². The number of aliphatic carboxylic acids is 1. The molecule has 34 heavy (non-hydrogen) atoms. The third-order valence-electron chi connectivity index (χ3n) is 4.81. The molecule has 0 aliphatic heterocycles. The number of carboxylic acids is 1. The van der Waals surface area contributed by atoms with Crippen molar-refractivity contribution in [2.24, 2.45) is 0 Å². The highest BCUT2D eigenvalue weighted by molar-refractivity contribution is 7.89. The van der Waals surface area contributed by atoms with Gasteiger partial charge >= 0.3 is 12.1 Å². The molecule has 3 aromatic rings. The maximum atomic E-state index is 13.5. The number of rotatable bonds is 8. The summed E-state index contributed by atoms with van der Waals surface area (Å²) in [4.78, 5) is 10.7. The van der Waals surface area contributed by atoms with E-state index in [0.717, 1.165) is 28.6 Å². The average Bonchev–Trinajstić information content (AvgIpc) is 2.77. The third kappa shape index (κ3) is 5.91. The van der Waals surface area contributed by atoms with Crippen LogP contribution in [0.3, 0.4) is 0 Å². The van der Waals surface area contributed by atoms with E-state index in [0.29, 0.717) is 5.56 Å². The van der Waals surface area contributed by atoms with Gasteiger partial charge in [-0.2, -0.15) is 17.5 Å². The van der Waals surface area contributed by atoms with Crippen molar-refractivity contribution in [3.8, 4) is 16.9 Å². The highest BCUT2D eigenvalue weighted by atomic mass is 32.2. The molecule has 3 aromatic carbocycles. The molecule has 0 radical (unpaired) electrons. The highest BCUT2D eigenvalue weighted by Crippen LogP contribution is 2.36. The summed E-state index contributed by atoms with van der Waals surface area (Å²) in [6, 6.07) is 13.1. The summed E-state index contributed by atoms with van der Waals surface area (Å²) in [5.41, 5.74) is -0.267. The molecule has 0 aliphatic carbocycles. The molecular formula is C23H19F4NO5S. The summed E-state index contributed by atoms with van der Waals surface area (Å²) >= 11 is 0. The van der Waals surface area contributed by atoms with Gasteiger partial charge in [-0.3, -0.25) is 0 Å². The van der Waals surface area contributed by atoms with Crippen LogP contribution in [0.25, 0.3) is 11.1 Å². The summed E-state index contributed by atoms with van der Waals surface area (Å²) in [7, 11) is -2.78. The Bertz CT molecular complexity index is 1310. The number of hydrogen-bond acceptors (Lipinski definition) is 4. The Kier molecular flexibility index (Phi) is 7.27. The molecule has 0 saturated carbocycles. The van der Waals surface area contributed by atoms with Crippen molar-refractivity contribution in [2.45, 2.75) is 17.6 Å². The van der Waals surface area contributed by atoms with Crippen molar-refractivity contribution in [3.63, 3.8) is 0 Å². The molecule has 0 bridgehead atoms. The second-order valence-corrected chi connectivity index (χ2v) is 9.35. The van der Waals surface area contributed by atoms with E-state index >= 15 is 0 Å². The maximum absolute atomic E-state index is 13.5. The molecule has 11 heteroatoms. The molecule has 0 heterocycles. The largest absolute Gasteiger partial charge is 0.481 e. The molecule has 0 unspecified atom stereocenters. The van der Waals surface area contributed by atoms with Crippen LogP contribution in [0.15, 0.2) is 71.6 Å². The Hall–Kier alpha value is -3.44. The summed E-state index contributed by atoms with van der Waals surface area (Å²) in [5, 5.41) is 8.90. The van der Waals surface area contributed by atoms with Crippen LogP contribution in [-0.2, 0) is 27.5 Å². The van der Waals surface area contributed by atoms with Gasteiger partial charge in [0, 0.05) is 19.2 Å². The average molecular weight is 497 g/mol. The van der Waals surface area contributed by atoms with Crippen LogP contribution in [-0.4, -0.2) is 37.5 Å². The summed E-state index contributed by atoms with van der Waals surface area (Å²) in [5.74, 6) is -1.98. The van der Waals surface area contributed by atoms with Gasteiger partial charge in [-0.25, -0.2) is 17.6 Å². The number of sulfonamides is 1. The van der Waals surface area contributed by atoms with Crippen molar-refractivity contribution in [3.05, 3.63) is 83.7 Å². The van der Waals surface area contributed by atoms with Gasteiger partial charge in [-0.05, 0) is 53.6 Å². The molecule has 0 saturated heterocycles. The first-order valence-corrected chi connectivity index (χ1v) is 11.2. The van der Waals surface area contributed by atoms with Crippen LogP contribution in [0.1, 0.15) is 11.1 Å². The molecule has 0 amide bonds. The summed E-state index contributed by atoms with van der Waals surface area (Å²) in [6.45, 7) is -0.914. The second-order valence-electron chi connectivity index (χ2n) is 7.31. The highest BCUT2D eigenvalue weighted by Gasteiger charge is 2.30. The zero-order valence-electron chi connectivity index (χ0n) is 17.7. The number of ether oxygens (including phenoxy) is 1. The molecule has 0 fully saturated rings. The monoisotopic (exact) mass is 497 g/mol. The lowest BCUT2D eigenvalue weighted by Gasteiger charge is -2.19. The predicted octanol–water partition coefficient (Wildman–Crippen LogP) is 4.80. The minimum Gasteiger partial charge on any atom is -0.481 e. The Balaban J connectivity index is 1.99. The molecule has 0 aliphatic rings. The van der Waals surface area contributed by atoms with E-state index in [-0.39, 0.29) is 28.3 Å². The fourth-order valence-corrected chi connectivity index (χ4v) is 4.37. The number of benzene rings is 3. The first kappa shape index (κ1) is 25.2. The second kappa shape index (κ2) is 9.82. The van der Waals surface area contributed by atoms with Gasteiger partial charge in [0.25, 0.3) is 0 Å². The van der Waals surface area contributed by atoms with Gasteiger partial charge in [0.15, 0.2) is 6.61 Å². The molecular weight excluding hydrogens is 478 g/mol. The van der Waals surface area contributed by atoms with Crippen LogP contribution in [0, 0.1) is 5.82 Å². The summed E-state index contributed by atoms with van der Waals surface area (Å²) in [6.07, 6.45) is -4.60. The smallest absolute Gasteiger partial charge is 0.416 e. The van der Waals surface area contributed by atoms with Crippen LogP contribution in [0.5, 0.6) is 5.75 Å². The zero-order valence-corrected chi connectivity index (χ0v) is 18.5. The van der Waals surface area contributed by atoms with Crippen LogP contribution in [0.2, 0.25) is 0 Å². The topological polar surface area (TPSA) is 83.9 Å². The quantitative estimate of drug-likeness (QED) is 0.453. The van der Waals surface area contributed by atoms with E-state index in [1.807, 2.05) is 0 Å². The Morgan fingerprint density at radius 1 is 1.03 bits per heavy atom. The fraction of sp³-hybridized carbons (Fsp3) is 0.174. The van der Waals surface area contributed by atoms with Crippen molar-refractivity contribution < 1.29 is 40.6 Å². The molecule has 3 rings (SSSR count). The van der Waals surface area contributed by atoms with Crippen LogP contribution < -0.4 is 4.74 Å². The molecule has 1 N–H and O–H groups in total. The van der Waals surface area contributed by atoms with Crippen molar-refractivity contribution in [2.75, 3.05) is 13.7 Å². The van der Waals surface area contributed by atoms with E-state index in [1.54, 1.807) is 0 Å². The minimum absolute atomic E-state index is 0.0149. The van der Waals surface area contributed by atoms with Crippen molar-refractivity contribution >= 4 is 16.0 Å². The van der Waals surface area contributed by atoms with Crippen LogP contribution >= 0.6 is 0 Å². The fourth-order valence-electron chi connectivity index (χ4n) is 3.18. The number of carboxylic acid groups (broad SMARTS) is 1. The van der Waals surface area contributed by atoms with E-state index in [4.69, 9.17) is 9.84 Å². The number of nitrogens with zero attached hydrogens (tertiary/aromatic N) is 1. The molecule has 0 spiro atoms. The lowest BCUT2D eigenvalue weighted by atomic mass is 9.99. The first-order valence-electron chi connectivity index (χ1n) is 9.75. The Labute approximate surface area is 193 Å². The molecule has 0 aromatic heterocycles.